The van der Waals surface area contributed by atoms with Crippen LogP contribution in [0.3, 0.4) is 0 Å². The minimum Gasteiger partial charge on any atom is -0.342 e. The number of rotatable bonds is 4. The minimum absolute atomic E-state index is 0.00387. The summed E-state index contributed by atoms with van der Waals surface area (Å²) in [6.45, 7) is 1.19. The number of hydrogen-bond acceptors (Lipinski definition) is 5. The molecule has 1 atom stereocenters. The van der Waals surface area contributed by atoms with E-state index in [-0.39, 0.29) is 34.8 Å². The summed E-state index contributed by atoms with van der Waals surface area (Å²) in [6, 6.07) is 10.6. The number of nitrogens with zero attached hydrogens (tertiary/aromatic N) is 4. The van der Waals surface area contributed by atoms with Crippen molar-refractivity contribution >= 4 is 45.2 Å². The summed E-state index contributed by atoms with van der Waals surface area (Å²) >= 11 is 9.72. The van der Waals surface area contributed by atoms with Gasteiger partial charge >= 0.3 is 0 Å². The van der Waals surface area contributed by atoms with Gasteiger partial charge in [0.05, 0.1) is 22.6 Å². The summed E-state index contributed by atoms with van der Waals surface area (Å²) in [5.74, 6) is 0.0170. The van der Waals surface area contributed by atoms with Crippen LogP contribution in [0, 0.1) is 16.0 Å². The summed E-state index contributed by atoms with van der Waals surface area (Å²) in [4.78, 5) is 31.2. The van der Waals surface area contributed by atoms with Crippen molar-refractivity contribution < 1.29 is 19.7 Å². The van der Waals surface area contributed by atoms with Crippen LogP contribution in [0.2, 0.25) is 5.02 Å². The molecule has 3 heterocycles. The Labute approximate surface area is 221 Å². The number of amides is 1. The van der Waals surface area contributed by atoms with E-state index in [0.717, 1.165) is 38.9 Å². The molecule has 1 aromatic carbocycles. The zero-order valence-electron chi connectivity index (χ0n) is 19.2. The van der Waals surface area contributed by atoms with Gasteiger partial charge in [0.1, 0.15) is 0 Å². The van der Waals surface area contributed by atoms with Gasteiger partial charge in [0.2, 0.25) is 18.3 Å². The van der Waals surface area contributed by atoms with Crippen molar-refractivity contribution in [3.8, 4) is 0 Å². The van der Waals surface area contributed by atoms with Gasteiger partial charge in [0.15, 0.2) is 0 Å². The maximum absolute atomic E-state index is 12.9. The number of carbonyl (C=O) groups excluding carboxylic acids is 1. The van der Waals surface area contributed by atoms with Gasteiger partial charge in [-0.25, -0.2) is 0 Å². The molecular formula is C26H23BrClN4O4+. The number of benzene rings is 1. The highest BCUT2D eigenvalue weighted by atomic mass is 79.9. The molecule has 1 N–H and O–H groups in total. The zero-order valence-corrected chi connectivity index (χ0v) is 21.5. The first-order valence-electron chi connectivity index (χ1n) is 11.6. The second-order valence-electron chi connectivity index (χ2n) is 9.11. The van der Waals surface area contributed by atoms with Gasteiger partial charge in [0.25, 0.3) is 5.70 Å². The Morgan fingerprint density at radius 2 is 1.94 bits per heavy atom. The molecule has 2 aliphatic rings. The third-order valence-corrected chi connectivity index (χ3v) is 7.60. The number of nitro groups is 1. The number of carbonyl (C=O) groups is 1. The molecule has 0 radical (unpaired) electrons. The minimum atomic E-state index is -0.370. The first-order valence-corrected chi connectivity index (χ1v) is 12.8. The molecule has 1 saturated heterocycles. The van der Waals surface area contributed by atoms with Crippen molar-refractivity contribution in [1.82, 2.24) is 9.88 Å². The highest BCUT2D eigenvalue weighted by molar-refractivity contribution is 9.10. The van der Waals surface area contributed by atoms with Gasteiger partial charge in [-0.1, -0.05) is 17.7 Å². The molecule has 184 valence electrons. The molecule has 0 bridgehead atoms. The fraction of sp³-hybridized carbons (Fsp3) is 0.269. The van der Waals surface area contributed by atoms with E-state index in [1.54, 1.807) is 36.5 Å². The van der Waals surface area contributed by atoms with E-state index in [1.165, 1.54) is 12.4 Å². The van der Waals surface area contributed by atoms with E-state index in [1.807, 2.05) is 17.0 Å². The summed E-state index contributed by atoms with van der Waals surface area (Å²) in [6.07, 6.45) is 8.06. The highest BCUT2D eigenvalue weighted by Crippen LogP contribution is 2.45. The molecule has 3 aromatic rings. The van der Waals surface area contributed by atoms with Crippen LogP contribution < -0.4 is 4.73 Å². The van der Waals surface area contributed by atoms with Gasteiger partial charge in [-0.3, -0.25) is 25.1 Å². The predicted molar refractivity (Wildman–Crippen MR) is 137 cm³/mol. The fourth-order valence-corrected chi connectivity index (χ4v) is 5.72. The van der Waals surface area contributed by atoms with Crippen molar-refractivity contribution in [2.24, 2.45) is 5.92 Å². The molecule has 1 amide bonds. The van der Waals surface area contributed by atoms with Crippen molar-refractivity contribution in [3.63, 3.8) is 0 Å². The molecule has 0 spiro atoms. The van der Waals surface area contributed by atoms with Gasteiger partial charge in [-0.05, 0) is 64.0 Å². The molecule has 1 aliphatic carbocycles. The van der Waals surface area contributed by atoms with E-state index in [9.17, 15) is 20.1 Å². The van der Waals surface area contributed by atoms with E-state index in [2.05, 4.69) is 15.9 Å². The first-order chi connectivity index (χ1) is 17.3. The van der Waals surface area contributed by atoms with Crippen molar-refractivity contribution in [1.29, 1.82) is 0 Å². The third kappa shape index (κ3) is 4.85. The van der Waals surface area contributed by atoms with E-state index < -0.39 is 0 Å². The molecule has 2 aromatic heterocycles. The predicted octanol–water partition coefficient (Wildman–Crippen LogP) is 4.72. The van der Waals surface area contributed by atoms with Crippen LogP contribution in [0.15, 0.2) is 59.5 Å². The number of fused-ring (bicyclic) bond motifs is 2. The smallest absolute Gasteiger partial charge is 0.277 e. The van der Waals surface area contributed by atoms with Crippen LogP contribution in [0.4, 0.5) is 0 Å². The first kappa shape index (κ1) is 24.4. The lowest BCUT2D eigenvalue weighted by Crippen LogP contribution is -2.41. The Morgan fingerprint density at radius 3 is 2.64 bits per heavy atom. The molecule has 1 unspecified atom stereocenters. The average Bonchev–Trinajstić information content (AvgIpc) is 2.99. The number of likely N-dealkylation sites (tertiary alicyclic amines) is 1. The van der Waals surface area contributed by atoms with Gasteiger partial charge in [-0.15, -0.1) is 0 Å². The summed E-state index contributed by atoms with van der Waals surface area (Å²) in [5, 5.41) is 21.9. The number of halogens is 2. The van der Waals surface area contributed by atoms with Crippen molar-refractivity contribution in [2.75, 3.05) is 13.1 Å². The maximum Gasteiger partial charge on any atom is 0.277 e. The fourth-order valence-electron chi connectivity index (χ4n) is 5.20. The lowest BCUT2D eigenvalue weighted by Gasteiger charge is -2.36. The lowest BCUT2D eigenvalue weighted by molar-refractivity contribution is -0.904. The molecule has 8 nitrogen and oxygen atoms in total. The van der Waals surface area contributed by atoms with Gasteiger partial charge in [0, 0.05) is 63.2 Å². The Balaban J connectivity index is 1.44. The van der Waals surface area contributed by atoms with Crippen LogP contribution in [0.25, 0.3) is 11.8 Å². The summed E-state index contributed by atoms with van der Waals surface area (Å²) in [5.41, 5.74) is 3.68. The van der Waals surface area contributed by atoms with Gasteiger partial charge in [-0.2, -0.15) is 0 Å². The number of pyridine rings is 2. The molecule has 1 aliphatic heterocycles. The van der Waals surface area contributed by atoms with Crippen molar-refractivity contribution in [2.45, 2.75) is 25.2 Å². The molecule has 10 heteroatoms. The standard InChI is InChI=1S/C26H23BrClN4O4/c27-19-12-18-13-23(32(35)36)22-14-20(28)1-2-21(22)25(26(18)29-15-19)17-5-7-30(8-6-17)24(33)11-16-3-9-31(34)10-4-16/h1-4,9-10,12-15,17,25,34H,5-8,11H2/q+1. The molecule has 5 rings (SSSR count). The van der Waals surface area contributed by atoms with E-state index in [0.29, 0.717) is 29.2 Å². The number of aromatic nitrogens is 2. The Kier molecular flexibility index (Phi) is 6.77. The van der Waals surface area contributed by atoms with Crippen LogP contribution in [-0.2, 0) is 11.2 Å². The van der Waals surface area contributed by atoms with Crippen LogP contribution in [0.5, 0.6) is 0 Å². The molecule has 36 heavy (non-hydrogen) atoms. The van der Waals surface area contributed by atoms with Crippen LogP contribution in [-0.4, -0.2) is 39.0 Å². The number of hydrogen-bond donors (Lipinski definition) is 1. The monoisotopic (exact) mass is 569 g/mol. The van der Waals surface area contributed by atoms with E-state index in [4.69, 9.17) is 16.6 Å². The molecule has 1 fully saturated rings. The largest absolute Gasteiger partial charge is 0.342 e. The third-order valence-electron chi connectivity index (χ3n) is 6.93. The van der Waals surface area contributed by atoms with Crippen LogP contribution >= 0.6 is 27.5 Å². The van der Waals surface area contributed by atoms with Gasteiger partial charge < -0.3 is 4.90 Å². The Bertz CT molecular complexity index is 1370. The molecule has 0 saturated carbocycles. The topological polar surface area (TPSA) is 100 Å². The SMILES string of the molecule is O=C(Cc1cc[n+](O)cc1)N1CCC(C2c3ccc(Cl)cc3C([N+](=O)[O-])=Cc3cc(Br)cnc32)CC1. The summed E-state index contributed by atoms with van der Waals surface area (Å²) in [7, 11) is 0. The lowest BCUT2D eigenvalue weighted by atomic mass is 9.76. The Morgan fingerprint density at radius 1 is 1.22 bits per heavy atom. The zero-order chi connectivity index (χ0) is 25.4. The quantitative estimate of drug-likeness (QED) is 0.212. The second kappa shape index (κ2) is 9.99. The Hall–Kier alpha value is -3.30. The van der Waals surface area contributed by atoms with Crippen LogP contribution in [0.1, 0.15) is 46.7 Å². The maximum atomic E-state index is 12.9. The normalized spacial score (nSPS) is 17.6. The number of piperidine rings is 1. The molecular weight excluding hydrogens is 548 g/mol. The average molecular weight is 571 g/mol. The van der Waals surface area contributed by atoms with E-state index >= 15 is 0 Å². The van der Waals surface area contributed by atoms with Crippen molar-refractivity contribution in [3.05, 3.63) is 103 Å². The summed E-state index contributed by atoms with van der Waals surface area (Å²) < 4.78 is 1.69. The second-order valence-corrected chi connectivity index (χ2v) is 10.5. The highest BCUT2D eigenvalue weighted by Gasteiger charge is 2.37.